The number of allylic oxidation sites excluding steroid dienone is 5. The number of methoxy groups -OCH3 is 1. The van der Waals surface area contributed by atoms with Crippen LogP contribution in [0.25, 0.3) is 0 Å². The molecule has 1 aliphatic rings. The number of nitrogens with two attached hydrogens (primary N) is 1. The summed E-state index contributed by atoms with van der Waals surface area (Å²) in [6, 6.07) is 0. The van der Waals surface area contributed by atoms with Crippen LogP contribution in [0.15, 0.2) is 36.0 Å². The summed E-state index contributed by atoms with van der Waals surface area (Å²) in [5, 5.41) is 0. The first-order valence-electron chi connectivity index (χ1n) is 8.59. The van der Waals surface area contributed by atoms with Crippen molar-refractivity contribution in [1.29, 1.82) is 0 Å². The van der Waals surface area contributed by atoms with Crippen LogP contribution in [0.2, 0.25) is 0 Å². The highest BCUT2D eigenvalue weighted by Gasteiger charge is 2.42. The Labute approximate surface area is 145 Å². The Bertz CT molecular complexity index is 470. The normalized spacial score (nSPS) is 28.6. The predicted octanol–water partition coefficient (Wildman–Crippen LogP) is 2.77. The lowest BCUT2D eigenvalue weighted by Gasteiger charge is -2.40. The molecule has 4 atom stereocenters. The van der Waals surface area contributed by atoms with E-state index in [1.54, 1.807) is 7.11 Å². The molecule has 5 heteroatoms. The van der Waals surface area contributed by atoms with Gasteiger partial charge < -0.3 is 19.9 Å². The van der Waals surface area contributed by atoms with E-state index in [2.05, 4.69) is 13.0 Å². The average molecular weight is 337 g/mol. The fourth-order valence-corrected chi connectivity index (χ4v) is 2.73. The zero-order valence-electron chi connectivity index (χ0n) is 15.2. The number of hydrogen-bond acceptors (Lipinski definition) is 5. The van der Waals surface area contributed by atoms with Crippen LogP contribution in [-0.4, -0.2) is 44.5 Å². The van der Waals surface area contributed by atoms with Gasteiger partial charge in [0.25, 0.3) is 0 Å². The number of rotatable bonds is 8. The minimum Gasteiger partial charge on any atom is -0.455 e. The summed E-state index contributed by atoms with van der Waals surface area (Å²) in [6.07, 6.45) is 11.3. The Hall–Kier alpha value is -1.43. The number of carbonyl (C=O) groups is 1. The summed E-state index contributed by atoms with van der Waals surface area (Å²) in [4.78, 5) is 11.7. The van der Waals surface area contributed by atoms with Gasteiger partial charge in [0.05, 0.1) is 13.2 Å². The van der Waals surface area contributed by atoms with Crippen molar-refractivity contribution in [1.82, 2.24) is 0 Å². The summed E-state index contributed by atoms with van der Waals surface area (Å²) < 4.78 is 17.0. The summed E-state index contributed by atoms with van der Waals surface area (Å²) in [5.41, 5.74) is 6.37. The molecule has 1 fully saturated rings. The van der Waals surface area contributed by atoms with Crippen LogP contribution in [0.3, 0.4) is 0 Å². The van der Waals surface area contributed by atoms with E-state index in [1.807, 2.05) is 38.2 Å². The zero-order valence-corrected chi connectivity index (χ0v) is 15.2. The van der Waals surface area contributed by atoms with Crippen LogP contribution in [0.5, 0.6) is 0 Å². The van der Waals surface area contributed by atoms with Gasteiger partial charge in [0.2, 0.25) is 0 Å². The molecular weight excluding hydrogens is 306 g/mol. The maximum Gasteiger partial charge on any atom is 0.320 e. The van der Waals surface area contributed by atoms with Gasteiger partial charge in [0, 0.05) is 13.0 Å². The lowest BCUT2D eigenvalue weighted by atomic mass is 9.90. The van der Waals surface area contributed by atoms with Gasteiger partial charge in [-0.2, -0.15) is 0 Å². The largest absolute Gasteiger partial charge is 0.455 e. The zero-order chi connectivity index (χ0) is 17.9. The third-order valence-electron chi connectivity index (χ3n) is 4.05. The molecule has 136 valence electrons. The molecule has 2 N–H and O–H groups in total. The monoisotopic (exact) mass is 337 g/mol. The SMILES string of the molecule is CCC/C=C/C=C/C=C(/C)[C@@H]1OC[C@H](C)[C@H](OC)[C@H]1OC(=O)CN. The first-order chi connectivity index (χ1) is 11.5. The van der Waals surface area contributed by atoms with Gasteiger partial charge in [0.15, 0.2) is 6.10 Å². The summed E-state index contributed by atoms with van der Waals surface area (Å²) in [7, 11) is 1.63. The molecule has 0 aromatic carbocycles. The molecular formula is C19H31NO4. The molecule has 0 aliphatic carbocycles. The Morgan fingerprint density at radius 3 is 2.67 bits per heavy atom. The second-order valence-corrected chi connectivity index (χ2v) is 6.10. The minimum absolute atomic E-state index is 0.141. The topological polar surface area (TPSA) is 70.8 Å². The van der Waals surface area contributed by atoms with Gasteiger partial charge in [0.1, 0.15) is 12.2 Å². The highest BCUT2D eigenvalue weighted by molar-refractivity contribution is 5.71. The standard InChI is InChI=1S/C19H31NO4/c1-5-6-7-8-9-10-11-14(2)18-19(24-16(21)12-20)17(22-4)15(3)13-23-18/h7-11,15,17-19H,5-6,12-13,20H2,1-4H3/b8-7+,10-9+,14-11-/t15-,17-,18-,19+/m0/s1. The summed E-state index contributed by atoms with van der Waals surface area (Å²) >= 11 is 0. The van der Waals surface area contributed by atoms with E-state index in [1.165, 1.54) is 0 Å². The third kappa shape index (κ3) is 6.23. The molecule has 0 bridgehead atoms. The molecule has 0 unspecified atom stereocenters. The Morgan fingerprint density at radius 1 is 1.29 bits per heavy atom. The van der Waals surface area contributed by atoms with E-state index < -0.39 is 12.1 Å². The van der Waals surface area contributed by atoms with Crippen molar-refractivity contribution in [2.24, 2.45) is 11.7 Å². The minimum atomic E-state index is -0.491. The fourth-order valence-electron chi connectivity index (χ4n) is 2.73. The van der Waals surface area contributed by atoms with Crippen molar-refractivity contribution in [3.63, 3.8) is 0 Å². The molecule has 0 amide bonds. The Morgan fingerprint density at radius 2 is 2.04 bits per heavy atom. The Kier molecular flexibility index (Phi) is 9.60. The second kappa shape index (κ2) is 11.2. The molecule has 1 rings (SSSR count). The van der Waals surface area contributed by atoms with Crippen molar-refractivity contribution in [3.8, 4) is 0 Å². The summed E-state index contributed by atoms with van der Waals surface area (Å²) in [6.45, 7) is 6.54. The molecule has 1 heterocycles. The quantitative estimate of drug-likeness (QED) is 0.545. The van der Waals surface area contributed by atoms with E-state index in [0.29, 0.717) is 6.61 Å². The lowest BCUT2D eigenvalue weighted by molar-refractivity contribution is -0.190. The van der Waals surface area contributed by atoms with Crippen LogP contribution < -0.4 is 5.73 Å². The van der Waals surface area contributed by atoms with Crippen LogP contribution in [0, 0.1) is 5.92 Å². The van der Waals surface area contributed by atoms with Gasteiger partial charge >= 0.3 is 5.97 Å². The van der Waals surface area contributed by atoms with Gasteiger partial charge in [-0.25, -0.2) is 0 Å². The van der Waals surface area contributed by atoms with Crippen molar-refractivity contribution in [3.05, 3.63) is 36.0 Å². The van der Waals surface area contributed by atoms with E-state index in [-0.39, 0.29) is 24.7 Å². The predicted molar refractivity (Wildman–Crippen MR) is 95.6 cm³/mol. The number of hydrogen-bond donors (Lipinski definition) is 1. The Balaban J connectivity index is 2.85. The molecule has 0 aromatic heterocycles. The van der Waals surface area contributed by atoms with Crippen molar-refractivity contribution < 1.29 is 19.0 Å². The molecule has 0 radical (unpaired) electrons. The van der Waals surface area contributed by atoms with E-state index >= 15 is 0 Å². The molecule has 0 saturated carbocycles. The molecule has 5 nitrogen and oxygen atoms in total. The number of carbonyl (C=O) groups excluding carboxylic acids is 1. The molecule has 0 spiro atoms. The van der Waals surface area contributed by atoms with E-state index in [4.69, 9.17) is 19.9 Å². The van der Waals surface area contributed by atoms with Crippen LogP contribution in [0.1, 0.15) is 33.6 Å². The molecule has 0 aromatic rings. The van der Waals surface area contributed by atoms with Crippen LogP contribution in [-0.2, 0) is 19.0 Å². The molecule has 1 saturated heterocycles. The highest BCUT2D eigenvalue weighted by Crippen LogP contribution is 2.29. The van der Waals surface area contributed by atoms with E-state index in [0.717, 1.165) is 18.4 Å². The first-order valence-corrected chi connectivity index (χ1v) is 8.59. The van der Waals surface area contributed by atoms with Crippen LogP contribution >= 0.6 is 0 Å². The lowest BCUT2D eigenvalue weighted by Crippen LogP contribution is -2.53. The second-order valence-electron chi connectivity index (χ2n) is 6.10. The van der Waals surface area contributed by atoms with Gasteiger partial charge in [-0.15, -0.1) is 0 Å². The summed E-state index contributed by atoms with van der Waals surface area (Å²) in [5.74, 6) is -0.308. The molecule has 24 heavy (non-hydrogen) atoms. The van der Waals surface area contributed by atoms with Crippen molar-refractivity contribution in [2.45, 2.75) is 51.9 Å². The van der Waals surface area contributed by atoms with Crippen molar-refractivity contribution >= 4 is 5.97 Å². The smallest absolute Gasteiger partial charge is 0.320 e. The van der Waals surface area contributed by atoms with Gasteiger partial charge in [-0.05, 0) is 18.9 Å². The first kappa shape index (κ1) is 20.6. The fraction of sp³-hybridized carbons (Fsp3) is 0.632. The van der Waals surface area contributed by atoms with Crippen molar-refractivity contribution in [2.75, 3.05) is 20.3 Å². The number of esters is 1. The number of unbranched alkanes of at least 4 members (excludes halogenated alkanes) is 1. The van der Waals surface area contributed by atoms with Gasteiger partial charge in [-0.1, -0.05) is 50.6 Å². The van der Waals surface area contributed by atoms with Gasteiger partial charge in [-0.3, -0.25) is 4.79 Å². The maximum absolute atomic E-state index is 11.7. The maximum atomic E-state index is 11.7. The highest BCUT2D eigenvalue weighted by atomic mass is 16.6. The number of ether oxygens (including phenoxy) is 3. The van der Waals surface area contributed by atoms with Crippen LogP contribution in [0.4, 0.5) is 0 Å². The third-order valence-corrected chi connectivity index (χ3v) is 4.05. The average Bonchev–Trinajstić information content (AvgIpc) is 2.58. The van der Waals surface area contributed by atoms with E-state index in [9.17, 15) is 4.79 Å². The molecule has 1 aliphatic heterocycles.